The minimum absolute atomic E-state index is 0.0176. The number of nitrogens with one attached hydrogen (secondary N) is 2. The first-order chi connectivity index (χ1) is 14.1. The summed E-state index contributed by atoms with van der Waals surface area (Å²) in [7, 11) is 0. The molecule has 4 amide bonds. The topological polar surface area (TPSA) is 78.5 Å². The predicted octanol–water partition coefficient (Wildman–Crippen LogP) is 3.19. The maximum Gasteiger partial charge on any atom is 0.324 e. The molecule has 1 saturated heterocycles. The number of urea groups is 1. The van der Waals surface area contributed by atoms with Crippen LogP contribution in [0.1, 0.15) is 63.4 Å². The van der Waals surface area contributed by atoms with E-state index in [1.807, 2.05) is 13.0 Å². The molecule has 6 heteroatoms. The first-order valence-corrected chi connectivity index (χ1v) is 11.1. The van der Waals surface area contributed by atoms with Crippen molar-refractivity contribution in [2.75, 3.05) is 6.54 Å². The molecule has 0 spiro atoms. The van der Waals surface area contributed by atoms with Gasteiger partial charge >= 0.3 is 6.03 Å². The van der Waals surface area contributed by atoms with Gasteiger partial charge < -0.3 is 10.6 Å². The number of hydrogen-bond acceptors (Lipinski definition) is 3. The van der Waals surface area contributed by atoms with E-state index < -0.39 is 6.04 Å². The number of hydrogen-bond donors (Lipinski definition) is 2. The molecule has 4 rings (SSSR count). The summed E-state index contributed by atoms with van der Waals surface area (Å²) in [5, 5.41) is 5.99. The summed E-state index contributed by atoms with van der Waals surface area (Å²) in [5.41, 5.74) is 1.31. The molecule has 1 aromatic rings. The molecule has 156 valence electrons. The van der Waals surface area contributed by atoms with Crippen molar-refractivity contribution in [1.82, 2.24) is 15.5 Å². The zero-order valence-corrected chi connectivity index (χ0v) is 17.1. The van der Waals surface area contributed by atoms with Gasteiger partial charge in [0.05, 0.1) is 0 Å². The van der Waals surface area contributed by atoms with Crippen molar-refractivity contribution >= 4 is 17.8 Å². The van der Waals surface area contributed by atoms with Gasteiger partial charge in [0.15, 0.2) is 0 Å². The Hall–Kier alpha value is -2.37. The van der Waals surface area contributed by atoms with Crippen LogP contribution in [0.3, 0.4) is 0 Å². The van der Waals surface area contributed by atoms with E-state index in [-0.39, 0.29) is 30.3 Å². The van der Waals surface area contributed by atoms with E-state index in [1.54, 1.807) is 0 Å². The third kappa shape index (κ3) is 3.89. The van der Waals surface area contributed by atoms with Crippen LogP contribution >= 0.6 is 0 Å². The van der Waals surface area contributed by atoms with Gasteiger partial charge in [-0.2, -0.15) is 0 Å². The van der Waals surface area contributed by atoms with Gasteiger partial charge in [-0.1, -0.05) is 50.1 Å². The first-order valence-electron chi connectivity index (χ1n) is 11.1. The summed E-state index contributed by atoms with van der Waals surface area (Å²) in [6, 6.07) is 9.78. The second-order valence-electron chi connectivity index (χ2n) is 8.67. The third-order valence-corrected chi connectivity index (χ3v) is 6.91. The highest BCUT2D eigenvalue weighted by Crippen LogP contribution is 2.54. The molecule has 6 nitrogen and oxygen atoms in total. The van der Waals surface area contributed by atoms with Crippen LogP contribution in [0.15, 0.2) is 30.3 Å². The Morgan fingerprint density at radius 1 is 1.14 bits per heavy atom. The van der Waals surface area contributed by atoms with Gasteiger partial charge in [-0.25, -0.2) is 4.79 Å². The lowest BCUT2D eigenvalue weighted by molar-refractivity contribution is -0.128. The monoisotopic (exact) mass is 397 g/mol. The predicted molar refractivity (Wildman–Crippen MR) is 110 cm³/mol. The van der Waals surface area contributed by atoms with E-state index in [1.165, 1.54) is 36.1 Å². The number of carbonyl (C=O) groups is 3. The summed E-state index contributed by atoms with van der Waals surface area (Å²) in [4.78, 5) is 38.2. The Kier molecular flexibility index (Phi) is 5.88. The van der Waals surface area contributed by atoms with Crippen molar-refractivity contribution in [3.63, 3.8) is 0 Å². The van der Waals surface area contributed by atoms with Crippen molar-refractivity contribution in [1.29, 1.82) is 0 Å². The minimum atomic E-state index is -0.575. The zero-order valence-electron chi connectivity index (χ0n) is 17.1. The Balaban J connectivity index is 1.35. The van der Waals surface area contributed by atoms with Gasteiger partial charge in [0.25, 0.3) is 5.91 Å². The number of benzene rings is 1. The van der Waals surface area contributed by atoms with E-state index >= 15 is 0 Å². The van der Waals surface area contributed by atoms with E-state index in [0.29, 0.717) is 30.7 Å². The number of amides is 4. The second kappa shape index (κ2) is 8.56. The fourth-order valence-corrected chi connectivity index (χ4v) is 5.54. The summed E-state index contributed by atoms with van der Waals surface area (Å²) in [6.45, 7) is 2.36. The fourth-order valence-electron chi connectivity index (χ4n) is 5.54. The van der Waals surface area contributed by atoms with E-state index in [2.05, 4.69) is 34.9 Å². The van der Waals surface area contributed by atoms with Crippen molar-refractivity contribution in [3.05, 3.63) is 35.9 Å². The lowest BCUT2D eigenvalue weighted by Gasteiger charge is -2.55. The second-order valence-corrected chi connectivity index (χ2v) is 8.67. The summed E-state index contributed by atoms with van der Waals surface area (Å²) < 4.78 is 0. The Labute approximate surface area is 172 Å². The van der Waals surface area contributed by atoms with Crippen molar-refractivity contribution in [2.24, 2.45) is 11.8 Å². The van der Waals surface area contributed by atoms with E-state index in [9.17, 15) is 14.4 Å². The molecule has 1 aliphatic heterocycles. The van der Waals surface area contributed by atoms with Crippen LogP contribution in [0.2, 0.25) is 0 Å². The fraction of sp³-hybridized carbons (Fsp3) is 0.609. The molecule has 29 heavy (non-hydrogen) atoms. The number of fused-ring (bicyclic) bond motifs is 1. The standard InChI is InChI=1S/C23H31N3O3/c1-2-14-26-22(28)18(24-23(26)29)12-13-19(27)25-21-17-11-7-6-10-16(17)20(21)15-8-4-3-5-9-15/h3-5,8-9,16-18,20-21H,2,6-7,10-14H2,1H3,(H,24,29)(H,25,27)/t16-,17+,18+,20-,21-/m0/s1. The molecule has 3 fully saturated rings. The third-order valence-electron chi connectivity index (χ3n) is 6.91. The van der Waals surface area contributed by atoms with Crippen molar-refractivity contribution < 1.29 is 14.4 Å². The molecular weight excluding hydrogens is 366 g/mol. The highest BCUT2D eigenvalue weighted by molar-refractivity contribution is 6.04. The summed E-state index contributed by atoms with van der Waals surface area (Å²) in [5.74, 6) is 1.39. The maximum atomic E-state index is 12.7. The van der Waals surface area contributed by atoms with Crippen molar-refractivity contribution in [2.45, 2.75) is 69.9 Å². The Bertz CT molecular complexity index is 766. The van der Waals surface area contributed by atoms with E-state index in [4.69, 9.17) is 0 Å². The molecule has 5 atom stereocenters. The highest BCUT2D eigenvalue weighted by atomic mass is 16.2. The van der Waals surface area contributed by atoms with Crippen LogP contribution < -0.4 is 10.6 Å². The number of rotatable bonds is 7. The van der Waals surface area contributed by atoms with Gasteiger partial charge in [-0.05, 0) is 43.1 Å². The van der Waals surface area contributed by atoms with E-state index in [0.717, 1.165) is 6.42 Å². The quantitative estimate of drug-likeness (QED) is 0.694. The SMILES string of the molecule is CCCN1C(=O)N[C@H](CCC(=O)N[C@H]2[C@@H]3CCCC[C@@H]3[C@@H]2c2ccccc2)C1=O. The van der Waals surface area contributed by atoms with Gasteiger partial charge in [-0.15, -0.1) is 0 Å². The molecule has 1 aromatic carbocycles. The number of nitrogens with zero attached hydrogens (tertiary/aromatic N) is 1. The van der Waals surface area contributed by atoms with Crippen LogP contribution in [0.25, 0.3) is 0 Å². The zero-order chi connectivity index (χ0) is 20.4. The largest absolute Gasteiger partial charge is 0.352 e. The summed E-state index contributed by atoms with van der Waals surface area (Å²) >= 11 is 0. The molecule has 2 aliphatic carbocycles. The van der Waals surface area contributed by atoms with Gasteiger partial charge in [0.1, 0.15) is 6.04 Å². The summed E-state index contributed by atoms with van der Waals surface area (Å²) in [6.07, 6.45) is 6.29. The van der Waals surface area contributed by atoms with Crippen LogP contribution in [0.5, 0.6) is 0 Å². The lowest BCUT2D eigenvalue weighted by Crippen LogP contribution is -2.59. The molecule has 0 radical (unpaired) electrons. The lowest BCUT2D eigenvalue weighted by atomic mass is 9.53. The van der Waals surface area contributed by atoms with Crippen molar-refractivity contribution in [3.8, 4) is 0 Å². The van der Waals surface area contributed by atoms with Crippen LogP contribution in [0, 0.1) is 11.8 Å². The first kappa shape index (κ1) is 19.9. The Morgan fingerprint density at radius 3 is 2.59 bits per heavy atom. The van der Waals surface area contributed by atoms with Gasteiger partial charge in [0, 0.05) is 24.9 Å². The maximum absolute atomic E-state index is 12.7. The molecule has 1 heterocycles. The van der Waals surface area contributed by atoms with Gasteiger partial charge in [-0.3, -0.25) is 14.5 Å². The van der Waals surface area contributed by atoms with Crippen LogP contribution in [-0.2, 0) is 9.59 Å². The molecular formula is C23H31N3O3. The molecule has 2 N–H and O–H groups in total. The van der Waals surface area contributed by atoms with Crippen LogP contribution in [-0.4, -0.2) is 41.4 Å². The molecule has 0 bridgehead atoms. The molecule has 0 unspecified atom stereocenters. The van der Waals surface area contributed by atoms with Crippen LogP contribution in [0.4, 0.5) is 4.79 Å². The average Bonchev–Trinajstić information content (AvgIpc) is 2.99. The normalized spacial score (nSPS) is 31.1. The smallest absolute Gasteiger partial charge is 0.324 e. The Morgan fingerprint density at radius 2 is 1.86 bits per heavy atom. The highest BCUT2D eigenvalue weighted by Gasteiger charge is 2.51. The average molecular weight is 398 g/mol. The number of imide groups is 1. The van der Waals surface area contributed by atoms with Gasteiger partial charge in [0.2, 0.25) is 5.91 Å². The molecule has 3 aliphatic rings. The number of carbonyl (C=O) groups excluding carboxylic acids is 3. The molecule has 0 aromatic heterocycles. The minimum Gasteiger partial charge on any atom is -0.352 e. The molecule has 2 saturated carbocycles.